The van der Waals surface area contributed by atoms with Gasteiger partial charge in [-0.1, -0.05) is 13.3 Å². The van der Waals surface area contributed by atoms with E-state index in [9.17, 15) is 0 Å². The summed E-state index contributed by atoms with van der Waals surface area (Å²) in [6.07, 6.45) is 3.72. The molecule has 0 saturated carbocycles. The van der Waals surface area contributed by atoms with Gasteiger partial charge in [-0.15, -0.1) is 0 Å². The summed E-state index contributed by atoms with van der Waals surface area (Å²) in [5.74, 6) is 1.33. The van der Waals surface area contributed by atoms with Crippen LogP contribution in [0.4, 0.5) is 11.8 Å². The summed E-state index contributed by atoms with van der Waals surface area (Å²) in [5, 5.41) is 0. The molecule has 3 aromatic heterocycles. The van der Waals surface area contributed by atoms with Gasteiger partial charge < -0.3 is 15.5 Å². The van der Waals surface area contributed by atoms with Crippen LogP contribution in [0.2, 0.25) is 0 Å². The van der Waals surface area contributed by atoms with Crippen LogP contribution in [0, 0.1) is 0 Å². The Labute approximate surface area is 159 Å². The summed E-state index contributed by atoms with van der Waals surface area (Å²) in [5.41, 5.74) is 10.2. The lowest BCUT2D eigenvalue weighted by Gasteiger charge is -2.33. The van der Waals surface area contributed by atoms with Gasteiger partial charge in [-0.05, 0) is 37.7 Å². The second-order valence-electron chi connectivity index (χ2n) is 7.04. The van der Waals surface area contributed by atoms with Crippen LogP contribution in [-0.4, -0.2) is 58.1 Å². The molecule has 0 unspecified atom stereocenters. The number of fused-ring (bicyclic) bond motifs is 1. The third kappa shape index (κ3) is 3.68. The minimum atomic E-state index is 0.304. The van der Waals surface area contributed by atoms with E-state index in [1.165, 1.54) is 0 Å². The van der Waals surface area contributed by atoms with Crippen molar-refractivity contribution in [3.63, 3.8) is 0 Å². The number of nitrogens with two attached hydrogens (primary N) is 1. The number of likely N-dealkylation sites (N-methyl/N-ethyl adjacent to an activating group) is 1. The lowest BCUT2D eigenvalue weighted by Crippen LogP contribution is -2.44. The van der Waals surface area contributed by atoms with Gasteiger partial charge in [0, 0.05) is 37.9 Å². The molecule has 1 saturated heterocycles. The van der Waals surface area contributed by atoms with Crippen LogP contribution >= 0.6 is 0 Å². The summed E-state index contributed by atoms with van der Waals surface area (Å²) in [6, 6.07) is 8.10. The number of aryl methyl sites for hydroxylation is 1. The summed E-state index contributed by atoms with van der Waals surface area (Å²) >= 11 is 0. The highest BCUT2D eigenvalue weighted by molar-refractivity contribution is 5.80. The SMILES string of the molecule is CCCc1nc(N)nc2ccc(-c3ccc(N4CCN(C)CC4)nc3)nc12. The largest absolute Gasteiger partial charge is 0.368 e. The standard InChI is InChI=1S/C20H25N7/c1-3-4-16-19-17(25-20(21)24-16)7-6-15(23-19)14-5-8-18(22-13-14)27-11-9-26(2)10-12-27/h5-8,13H,3-4,9-12H2,1-2H3,(H2,21,24,25). The summed E-state index contributed by atoms with van der Waals surface area (Å²) in [4.78, 5) is 22.9. The fourth-order valence-electron chi connectivity index (χ4n) is 3.43. The molecule has 1 fully saturated rings. The van der Waals surface area contributed by atoms with E-state index in [1.54, 1.807) is 0 Å². The average Bonchev–Trinajstić information content (AvgIpc) is 2.69. The Hall–Kier alpha value is -2.80. The van der Waals surface area contributed by atoms with E-state index >= 15 is 0 Å². The molecule has 2 N–H and O–H groups in total. The summed E-state index contributed by atoms with van der Waals surface area (Å²) in [7, 11) is 2.16. The predicted octanol–water partition coefficient (Wildman–Crippen LogP) is 2.37. The normalized spacial score (nSPS) is 15.4. The Kier molecular flexibility index (Phi) is 4.85. The molecule has 1 aliphatic rings. The zero-order valence-electron chi connectivity index (χ0n) is 15.9. The first-order valence-electron chi connectivity index (χ1n) is 9.47. The minimum Gasteiger partial charge on any atom is -0.368 e. The smallest absolute Gasteiger partial charge is 0.220 e. The van der Waals surface area contributed by atoms with Crippen molar-refractivity contribution in [2.45, 2.75) is 19.8 Å². The first kappa shape index (κ1) is 17.6. The van der Waals surface area contributed by atoms with E-state index in [0.29, 0.717) is 5.95 Å². The van der Waals surface area contributed by atoms with Gasteiger partial charge in [-0.2, -0.15) is 0 Å². The Balaban J connectivity index is 1.64. The molecule has 4 heterocycles. The zero-order valence-corrected chi connectivity index (χ0v) is 15.9. The molecule has 0 aromatic carbocycles. The van der Waals surface area contributed by atoms with Crippen molar-refractivity contribution in [2.75, 3.05) is 43.9 Å². The van der Waals surface area contributed by atoms with Gasteiger partial charge in [0.15, 0.2) is 0 Å². The molecule has 0 radical (unpaired) electrons. The highest BCUT2D eigenvalue weighted by Gasteiger charge is 2.15. The first-order chi connectivity index (χ1) is 13.1. The molecule has 7 heteroatoms. The molecular formula is C20H25N7. The van der Waals surface area contributed by atoms with Crippen molar-refractivity contribution in [2.24, 2.45) is 0 Å². The van der Waals surface area contributed by atoms with Crippen molar-refractivity contribution < 1.29 is 0 Å². The number of nitrogen functional groups attached to an aromatic ring is 1. The van der Waals surface area contributed by atoms with Crippen LogP contribution in [0.25, 0.3) is 22.3 Å². The third-order valence-electron chi connectivity index (χ3n) is 4.99. The van der Waals surface area contributed by atoms with Gasteiger partial charge >= 0.3 is 0 Å². The van der Waals surface area contributed by atoms with Gasteiger partial charge in [0.25, 0.3) is 0 Å². The first-order valence-corrected chi connectivity index (χ1v) is 9.47. The molecule has 1 aliphatic heterocycles. The molecule has 140 valence electrons. The number of hydrogen-bond donors (Lipinski definition) is 1. The van der Waals surface area contributed by atoms with E-state index < -0.39 is 0 Å². The maximum atomic E-state index is 5.83. The molecule has 0 spiro atoms. The number of nitrogens with zero attached hydrogens (tertiary/aromatic N) is 6. The van der Waals surface area contributed by atoms with Gasteiger partial charge in [-0.25, -0.2) is 19.9 Å². The Morgan fingerprint density at radius 1 is 1.00 bits per heavy atom. The van der Waals surface area contributed by atoms with E-state index in [1.807, 2.05) is 18.3 Å². The van der Waals surface area contributed by atoms with Gasteiger partial charge in [0.1, 0.15) is 11.3 Å². The number of pyridine rings is 2. The monoisotopic (exact) mass is 363 g/mol. The maximum absolute atomic E-state index is 5.83. The molecule has 3 aromatic rings. The molecule has 7 nitrogen and oxygen atoms in total. The number of hydrogen-bond acceptors (Lipinski definition) is 7. The lowest BCUT2D eigenvalue weighted by molar-refractivity contribution is 0.312. The fraction of sp³-hybridized carbons (Fsp3) is 0.400. The van der Waals surface area contributed by atoms with Crippen molar-refractivity contribution in [3.05, 3.63) is 36.2 Å². The van der Waals surface area contributed by atoms with E-state index in [-0.39, 0.29) is 0 Å². The fourth-order valence-corrected chi connectivity index (χ4v) is 3.43. The summed E-state index contributed by atoms with van der Waals surface area (Å²) in [6.45, 7) is 6.28. The van der Waals surface area contributed by atoms with Crippen LogP contribution in [-0.2, 0) is 6.42 Å². The maximum Gasteiger partial charge on any atom is 0.220 e. The van der Waals surface area contributed by atoms with Crippen molar-refractivity contribution in [3.8, 4) is 11.3 Å². The minimum absolute atomic E-state index is 0.304. The number of rotatable bonds is 4. The quantitative estimate of drug-likeness (QED) is 0.762. The summed E-state index contributed by atoms with van der Waals surface area (Å²) < 4.78 is 0. The molecule has 4 rings (SSSR count). The molecule has 0 amide bonds. The van der Waals surface area contributed by atoms with Gasteiger partial charge in [-0.3, -0.25) is 0 Å². The van der Waals surface area contributed by atoms with Crippen LogP contribution < -0.4 is 10.6 Å². The van der Waals surface area contributed by atoms with Crippen LogP contribution in [0.1, 0.15) is 19.0 Å². The second-order valence-corrected chi connectivity index (χ2v) is 7.04. The number of aromatic nitrogens is 4. The van der Waals surface area contributed by atoms with Crippen molar-refractivity contribution >= 4 is 22.8 Å². The molecular weight excluding hydrogens is 338 g/mol. The number of piperazine rings is 1. The Bertz CT molecular complexity index is 931. The van der Waals surface area contributed by atoms with E-state index in [0.717, 1.165) is 72.8 Å². The van der Waals surface area contributed by atoms with Gasteiger partial charge in [0.05, 0.1) is 16.9 Å². The third-order valence-corrected chi connectivity index (χ3v) is 4.99. The van der Waals surface area contributed by atoms with Crippen LogP contribution in [0.5, 0.6) is 0 Å². The topological polar surface area (TPSA) is 84.1 Å². The van der Waals surface area contributed by atoms with Crippen molar-refractivity contribution in [1.82, 2.24) is 24.8 Å². The molecule has 0 aliphatic carbocycles. The molecule has 0 atom stereocenters. The highest BCUT2D eigenvalue weighted by atomic mass is 15.3. The molecule has 27 heavy (non-hydrogen) atoms. The average molecular weight is 363 g/mol. The Morgan fingerprint density at radius 2 is 1.81 bits per heavy atom. The van der Waals surface area contributed by atoms with Crippen LogP contribution in [0.3, 0.4) is 0 Å². The Morgan fingerprint density at radius 3 is 2.52 bits per heavy atom. The van der Waals surface area contributed by atoms with Gasteiger partial charge in [0.2, 0.25) is 5.95 Å². The number of anilines is 2. The van der Waals surface area contributed by atoms with E-state index in [2.05, 4.69) is 50.9 Å². The highest BCUT2D eigenvalue weighted by Crippen LogP contribution is 2.24. The van der Waals surface area contributed by atoms with Crippen LogP contribution in [0.15, 0.2) is 30.5 Å². The molecule has 0 bridgehead atoms. The zero-order chi connectivity index (χ0) is 18.8. The predicted molar refractivity (Wildman–Crippen MR) is 109 cm³/mol. The van der Waals surface area contributed by atoms with E-state index in [4.69, 9.17) is 10.7 Å². The lowest BCUT2D eigenvalue weighted by atomic mass is 10.1. The second kappa shape index (κ2) is 7.44. The van der Waals surface area contributed by atoms with Crippen molar-refractivity contribution in [1.29, 1.82) is 0 Å².